The molecule has 0 aliphatic carbocycles. The first-order valence-corrected chi connectivity index (χ1v) is 17.7. The number of hydrogen-bond acceptors (Lipinski definition) is 8. The number of amides is 3. The minimum absolute atomic E-state index is 0.0954. The number of carbonyl (C=O) groups excluding carboxylic acids is 4. The normalized spacial score (nSPS) is 20.6. The van der Waals surface area contributed by atoms with Gasteiger partial charge in [-0.25, -0.2) is 4.21 Å². The van der Waals surface area contributed by atoms with Crippen molar-refractivity contribution in [3.63, 3.8) is 0 Å². The lowest BCUT2D eigenvalue weighted by Gasteiger charge is -2.27. The largest absolute Gasteiger partial charge is 0.379 e. The molecule has 3 N–H and O–H groups in total. The van der Waals surface area contributed by atoms with E-state index in [4.69, 9.17) is 16.3 Å². The number of nitrogens with zero attached hydrogens (tertiary/aromatic N) is 1. The van der Waals surface area contributed by atoms with Gasteiger partial charge in [0.1, 0.15) is 12.1 Å². The van der Waals surface area contributed by atoms with Crippen molar-refractivity contribution in [2.24, 2.45) is 5.92 Å². The predicted octanol–water partition coefficient (Wildman–Crippen LogP) is 2.26. The lowest BCUT2D eigenvalue weighted by molar-refractivity contribution is -0.140. The van der Waals surface area contributed by atoms with E-state index in [1.807, 2.05) is 13.8 Å². The first-order valence-electron chi connectivity index (χ1n) is 14.6. The zero-order valence-corrected chi connectivity index (χ0v) is 26.8. The zero-order chi connectivity index (χ0) is 30.5. The molecular weight excluding hydrogens is 600 g/mol. The molecule has 13 heteroatoms. The van der Waals surface area contributed by atoms with Gasteiger partial charge in [0.2, 0.25) is 17.6 Å². The molecule has 10 nitrogen and oxygen atoms in total. The van der Waals surface area contributed by atoms with Crippen molar-refractivity contribution in [2.75, 3.05) is 45.1 Å². The Kier molecular flexibility index (Phi) is 14.8. The maximum atomic E-state index is 13.4. The van der Waals surface area contributed by atoms with Crippen LogP contribution in [0.25, 0.3) is 0 Å². The SMILES string of the molecule is CC(C)[C@H](NC(=O)CCCCC1CCSS1=O)C(=O)N[C@@H](Cc1ccc(Cl)cc1)C(=O)C(=O)NCCN1CCOCC1. The fraction of sp³-hybridized carbons (Fsp3) is 0.655. The summed E-state index contributed by atoms with van der Waals surface area (Å²) in [6, 6.07) is 4.86. The van der Waals surface area contributed by atoms with Crippen molar-refractivity contribution in [3.05, 3.63) is 34.9 Å². The second-order valence-electron chi connectivity index (χ2n) is 11.0. The fourth-order valence-corrected chi connectivity index (χ4v) is 8.48. The summed E-state index contributed by atoms with van der Waals surface area (Å²) in [7, 11) is 0.656. The minimum atomic E-state index is -1.12. The molecule has 2 heterocycles. The van der Waals surface area contributed by atoms with E-state index in [2.05, 4.69) is 20.9 Å². The highest BCUT2D eigenvalue weighted by Gasteiger charge is 2.32. The summed E-state index contributed by atoms with van der Waals surface area (Å²) in [5, 5.41) is 8.95. The van der Waals surface area contributed by atoms with Crippen molar-refractivity contribution in [1.82, 2.24) is 20.9 Å². The van der Waals surface area contributed by atoms with E-state index < -0.39 is 39.5 Å². The van der Waals surface area contributed by atoms with Crippen LogP contribution in [0, 0.1) is 5.92 Å². The van der Waals surface area contributed by atoms with Gasteiger partial charge in [-0.2, -0.15) is 0 Å². The minimum Gasteiger partial charge on any atom is -0.379 e. The van der Waals surface area contributed by atoms with Crippen molar-refractivity contribution in [1.29, 1.82) is 0 Å². The van der Waals surface area contributed by atoms with Crippen molar-refractivity contribution < 1.29 is 28.1 Å². The van der Waals surface area contributed by atoms with Gasteiger partial charge in [-0.1, -0.05) is 54.8 Å². The number of ketones is 1. The second kappa shape index (κ2) is 18.0. The van der Waals surface area contributed by atoms with Crippen LogP contribution in [-0.4, -0.2) is 95.1 Å². The lowest BCUT2D eigenvalue weighted by atomic mass is 9.98. The molecule has 3 amide bonds. The Bertz CT molecular complexity index is 1080. The molecule has 3 rings (SSSR count). The molecule has 0 spiro atoms. The third-order valence-corrected chi connectivity index (χ3v) is 11.3. The number of nitrogens with one attached hydrogen (secondary N) is 3. The van der Waals surface area contributed by atoms with Gasteiger partial charge in [0, 0.05) is 55.0 Å². The molecule has 42 heavy (non-hydrogen) atoms. The number of benzene rings is 1. The third kappa shape index (κ3) is 11.6. The molecule has 0 saturated carbocycles. The quantitative estimate of drug-likeness (QED) is 0.142. The zero-order valence-electron chi connectivity index (χ0n) is 24.4. The standard InChI is InChI=1S/C29H43ClN4O6S2/c1-20(2)26(33-25(35)6-4-3-5-23-11-18-41-42(23)39)28(37)32-24(19-21-7-9-22(30)10-8-21)27(36)29(38)31-12-13-34-14-16-40-17-15-34/h7-10,20,23-24,26H,3-6,11-19H2,1-2H3,(H,31,38)(H,32,37)(H,33,35)/t23?,24-,26-,42?/m0/s1. The average Bonchev–Trinajstić information content (AvgIpc) is 3.38. The Labute approximate surface area is 259 Å². The Balaban J connectivity index is 1.56. The van der Waals surface area contributed by atoms with E-state index in [0.29, 0.717) is 37.7 Å². The number of Topliss-reactive ketones (excluding diaryl/α,β-unsaturated/α-hetero) is 1. The Hall–Kier alpha value is -1.99. The van der Waals surface area contributed by atoms with E-state index in [0.717, 1.165) is 43.7 Å². The first-order chi connectivity index (χ1) is 20.1. The molecule has 2 unspecified atom stereocenters. The summed E-state index contributed by atoms with van der Waals surface area (Å²) in [6.07, 6.45) is 3.55. The number of morpholine rings is 1. The Morgan fingerprint density at radius 1 is 1.10 bits per heavy atom. The number of rotatable bonds is 16. The van der Waals surface area contributed by atoms with E-state index in [9.17, 15) is 23.4 Å². The lowest BCUT2D eigenvalue weighted by Crippen LogP contribution is -2.56. The van der Waals surface area contributed by atoms with Crippen LogP contribution in [0.2, 0.25) is 5.02 Å². The number of ether oxygens (including phenoxy) is 1. The molecule has 4 atom stereocenters. The predicted molar refractivity (Wildman–Crippen MR) is 167 cm³/mol. The molecule has 2 aliphatic heterocycles. The molecule has 0 bridgehead atoms. The van der Waals surface area contributed by atoms with Crippen LogP contribution < -0.4 is 16.0 Å². The summed E-state index contributed by atoms with van der Waals surface area (Å²) in [4.78, 5) is 54.3. The summed E-state index contributed by atoms with van der Waals surface area (Å²) in [5.74, 6) is -1.63. The topological polar surface area (TPSA) is 134 Å². The third-order valence-electron chi connectivity index (χ3n) is 7.38. The summed E-state index contributed by atoms with van der Waals surface area (Å²) < 4.78 is 17.2. The molecule has 1 aromatic carbocycles. The van der Waals surface area contributed by atoms with Crippen LogP contribution in [0.3, 0.4) is 0 Å². The molecule has 2 fully saturated rings. The smallest absolute Gasteiger partial charge is 0.289 e. The summed E-state index contributed by atoms with van der Waals surface area (Å²) in [6.45, 7) is 7.32. The van der Waals surface area contributed by atoms with Crippen LogP contribution in [0.15, 0.2) is 24.3 Å². The van der Waals surface area contributed by atoms with Crippen LogP contribution in [0.1, 0.15) is 51.5 Å². The molecule has 1 aromatic rings. The Morgan fingerprint density at radius 2 is 1.81 bits per heavy atom. The number of carbonyl (C=O) groups is 4. The van der Waals surface area contributed by atoms with Crippen molar-refractivity contribution in [3.8, 4) is 0 Å². The van der Waals surface area contributed by atoms with Crippen LogP contribution in [0.5, 0.6) is 0 Å². The highest BCUT2D eigenvalue weighted by molar-refractivity contribution is 8.69. The van der Waals surface area contributed by atoms with Crippen LogP contribution in [0.4, 0.5) is 0 Å². The van der Waals surface area contributed by atoms with Gasteiger partial charge in [-0.05, 0) is 42.9 Å². The highest BCUT2D eigenvalue weighted by atomic mass is 35.5. The van der Waals surface area contributed by atoms with E-state index in [1.165, 1.54) is 10.8 Å². The summed E-state index contributed by atoms with van der Waals surface area (Å²) >= 11 is 6.01. The van der Waals surface area contributed by atoms with Crippen LogP contribution >= 0.6 is 22.4 Å². The number of unbranched alkanes of at least 4 members (excludes halogenated alkanes) is 1. The van der Waals surface area contributed by atoms with Gasteiger partial charge in [-0.15, -0.1) is 0 Å². The van der Waals surface area contributed by atoms with E-state index in [-0.39, 0.29) is 29.9 Å². The fourth-order valence-electron chi connectivity index (χ4n) is 4.86. The van der Waals surface area contributed by atoms with Gasteiger partial charge in [0.15, 0.2) is 0 Å². The second-order valence-corrected chi connectivity index (χ2v) is 15.0. The number of halogens is 1. The molecule has 2 saturated heterocycles. The summed E-state index contributed by atoms with van der Waals surface area (Å²) in [5.41, 5.74) is 0.728. The average molecular weight is 643 g/mol. The van der Waals surface area contributed by atoms with Gasteiger partial charge >= 0.3 is 0 Å². The number of hydrogen-bond donors (Lipinski definition) is 3. The molecule has 0 aromatic heterocycles. The van der Waals surface area contributed by atoms with Crippen molar-refractivity contribution in [2.45, 2.75) is 69.7 Å². The maximum absolute atomic E-state index is 13.4. The highest BCUT2D eigenvalue weighted by Crippen LogP contribution is 2.29. The molecule has 0 radical (unpaired) electrons. The monoisotopic (exact) mass is 642 g/mol. The van der Waals surface area contributed by atoms with E-state index >= 15 is 0 Å². The molecule has 234 valence electrons. The van der Waals surface area contributed by atoms with Gasteiger partial charge in [0.25, 0.3) is 5.91 Å². The van der Waals surface area contributed by atoms with Gasteiger partial charge < -0.3 is 20.7 Å². The Morgan fingerprint density at radius 3 is 2.45 bits per heavy atom. The van der Waals surface area contributed by atoms with Crippen LogP contribution in [-0.2, 0) is 40.2 Å². The van der Waals surface area contributed by atoms with E-state index in [1.54, 1.807) is 24.3 Å². The molecule has 2 aliphatic rings. The molecular formula is C29H43ClN4O6S2. The van der Waals surface area contributed by atoms with Gasteiger partial charge in [-0.3, -0.25) is 24.1 Å². The van der Waals surface area contributed by atoms with Crippen molar-refractivity contribution >= 4 is 55.7 Å². The first kappa shape index (κ1) is 34.5. The maximum Gasteiger partial charge on any atom is 0.289 e. The van der Waals surface area contributed by atoms with Gasteiger partial charge in [0.05, 0.1) is 23.0 Å².